The molecule has 1 aliphatic rings. The molecule has 126 valence electrons. The predicted molar refractivity (Wildman–Crippen MR) is 66.4 cm³/mol. The molecule has 2 rings (SSSR count). The minimum Gasteiger partial charge on any atom is -0.756 e. The van der Waals surface area contributed by atoms with E-state index in [9.17, 15) is 19.8 Å². The zero-order valence-electron chi connectivity index (χ0n) is 11.8. The van der Waals surface area contributed by atoms with Crippen molar-refractivity contribution in [3.8, 4) is 0 Å². The number of phosphoric acid groups is 1. The molecule has 0 saturated carbocycles. The monoisotopic (exact) mass is 364 g/mol. The molecule has 1 aromatic rings. The average molecular weight is 364 g/mol. The van der Waals surface area contributed by atoms with E-state index in [0.29, 0.717) is 0 Å². The quantitative estimate of drug-likeness (QED) is 0.216. The Morgan fingerprint density at radius 2 is 1.83 bits per heavy atom. The maximum absolute atomic E-state index is 11.4. The number of hydrogen-bond donors (Lipinski definition) is 6. The van der Waals surface area contributed by atoms with Gasteiger partial charge in [0.25, 0.3) is 13.4 Å². The van der Waals surface area contributed by atoms with Crippen molar-refractivity contribution in [2.24, 2.45) is 0 Å². The third-order valence-corrected chi connectivity index (χ3v) is 2.64. The van der Waals surface area contributed by atoms with E-state index in [2.05, 4.69) is 0 Å². The van der Waals surface area contributed by atoms with Crippen LogP contribution < -0.4 is 45.7 Å². The summed E-state index contributed by atoms with van der Waals surface area (Å²) in [5.41, 5.74) is -1.33. The van der Waals surface area contributed by atoms with Gasteiger partial charge in [0.15, 0.2) is 6.23 Å². The van der Waals surface area contributed by atoms with Gasteiger partial charge in [0.1, 0.15) is 18.3 Å². The van der Waals surface area contributed by atoms with Gasteiger partial charge in [-0.1, -0.05) is 0 Å². The molecule has 14 heteroatoms. The van der Waals surface area contributed by atoms with Crippen LogP contribution in [0.2, 0.25) is 0 Å². The van der Waals surface area contributed by atoms with Crippen LogP contribution in [0.5, 0.6) is 0 Å². The van der Waals surface area contributed by atoms with Crippen LogP contribution in [0.15, 0.2) is 21.9 Å². The number of hydrogen-bond acceptors (Lipinski definition) is 8. The molecule has 0 bridgehead atoms. The zero-order chi connectivity index (χ0) is 17.1. The molecule has 1 fully saturated rings. The normalized spacial score (nSPS) is 26.9. The van der Waals surface area contributed by atoms with E-state index in [1.807, 2.05) is 4.98 Å². The molecule has 12 nitrogen and oxygen atoms in total. The Morgan fingerprint density at radius 3 is 2.22 bits per heavy atom. The molecule has 0 aliphatic carbocycles. The molecular formula is C9H14N2NaO10P. The van der Waals surface area contributed by atoms with Crippen molar-refractivity contribution in [2.45, 2.75) is 24.5 Å². The number of ether oxygens (including phenoxy) is 1. The predicted octanol–water partition coefficient (Wildman–Crippen LogP) is -7.41. The molecule has 2 heterocycles. The number of aliphatic hydroxyl groups excluding tert-OH is 3. The fraction of sp³-hybridized carbons (Fsp3) is 0.556. The van der Waals surface area contributed by atoms with Gasteiger partial charge in [-0.3, -0.25) is 18.9 Å². The Kier molecular flexibility index (Phi) is 9.05. The minimum atomic E-state index is -4.89. The largest absolute Gasteiger partial charge is 1.00 e. The second kappa shape index (κ2) is 9.20. The Hall–Kier alpha value is -0.370. The van der Waals surface area contributed by atoms with Crippen molar-refractivity contribution in [1.82, 2.24) is 9.55 Å². The summed E-state index contributed by atoms with van der Waals surface area (Å²) in [5, 5.41) is 28.1. The van der Waals surface area contributed by atoms with Gasteiger partial charge >= 0.3 is 35.2 Å². The van der Waals surface area contributed by atoms with E-state index in [-0.39, 0.29) is 29.6 Å². The van der Waals surface area contributed by atoms with Gasteiger partial charge in [0.2, 0.25) is 0 Å². The van der Waals surface area contributed by atoms with Gasteiger partial charge in [0.05, 0.1) is 6.61 Å². The van der Waals surface area contributed by atoms with Crippen LogP contribution in [0.4, 0.5) is 0 Å². The molecule has 0 radical (unpaired) electrons. The summed E-state index contributed by atoms with van der Waals surface area (Å²) >= 11 is 0. The van der Waals surface area contributed by atoms with E-state index in [0.717, 1.165) is 16.8 Å². The van der Waals surface area contributed by atoms with E-state index in [4.69, 9.17) is 29.1 Å². The average Bonchev–Trinajstić information content (AvgIpc) is 2.64. The minimum absolute atomic E-state index is 0. The first kappa shape index (κ1) is 22.6. The second-order valence-electron chi connectivity index (χ2n) is 4.24. The number of rotatable bonds is 2. The summed E-state index contributed by atoms with van der Waals surface area (Å²) in [6, 6.07) is 1.09. The maximum atomic E-state index is 11.4. The Labute approximate surface area is 150 Å². The number of nitrogens with one attached hydrogen (secondary N) is 1. The van der Waals surface area contributed by atoms with Crippen LogP contribution in [0.3, 0.4) is 0 Å². The topological polar surface area (TPSA) is 205 Å². The van der Waals surface area contributed by atoms with Crippen LogP contribution in [0.1, 0.15) is 6.23 Å². The van der Waals surface area contributed by atoms with Gasteiger partial charge in [-0.2, -0.15) is 0 Å². The summed E-state index contributed by atoms with van der Waals surface area (Å²) in [6.45, 7) is -0.479. The molecule has 1 saturated heterocycles. The number of aliphatic hydroxyl groups is 3. The molecule has 6 N–H and O–H groups in total. The van der Waals surface area contributed by atoms with Gasteiger partial charge in [-0.15, -0.1) is 0 Å². The molecule has 0 unspecified atom stereocenters. The van der Waals surface area contributed by atoms with Crippen molar-refractivity contribution in [2.75, 3.05) is 6.61 Å². The fourth-order valence-electron chi connectivity index (χ4n) is 1.74. The zero-order valence-corrected chi connectivity index (χ0v) is 14.7. The van der Waals surface area contributed by atoms with Crippen LogP contribution in [0.25, 0.3) is 0 Å². The van der Waals surface area contributed by atoms with E-state index in [1.165, 1.54) is 0 Å². The van der Waals surface area contributed by atoms with E-state index >= 15 is 0 Å². The Balaban J connectivity index is 0.000000709. The van der Waals surface area contributed by atoms with Crippen LogP contribution in [-0.4, -0.2) is 59.6 Å². The van der Waals surface area contributed by atoms with Gasteiger partial charge in [0, 0.05) is 12.3 Å². The molecule has 23 heavy (non-hydrogen) atoms. The third kappa shape index (κ3) is 6.95. The number of H-pyrrole nitrogens is 1. The fourth-order valence-corrected chi connectivity index (χ4v) is 1.74. The van der Waals surface area contributed by atoms with Crippen LogP contribution >= 0.6 is 7.82 Å². The molecule has 4 atom stereocenters. The van der Waals surface area contributed by atoms with Gasteiger partial charge in [-0.05, 0) is 0 Å². The summed E-state index contributed by atoms with van der Waals surface area (Å²) in [4.78, 5) is 47.2. The van der Waals surface area contributed by atoms with Crippen LogP contribution in [-0.2, 0) is 9.30 Å². The van der Waals surface area contributed by atoms with Crippen molar-refractivity contribution >= 4 is 7.82 Å². The summed E-state index contributed by atoms with van der Waals surface area (Å²) < 4.78 is 14.9. The summed E-state index contributed by atoms with van der Waals surface area (Å²) in [6.07, 6.45) is -3.58. The number of aromatic amines is 1. The van der Waals surface area contributed by atoms with Crippen molar-refractivity contribution < 1.29 is 68.9 Å². The van der Waals surface area contributed by atoms with Crippen LogP contribution in [0, 0.1) is 0 Å². The maximum Gasteiger partial charge on any atom is 1.00 e. The smallest absolute Gasteiger partial charge is 0.756 e. The van der Waals surface area contributed by atoms with Gasteiger partial charge in [-0.25, -0.2) is 4.79 Å². The summed E-state index contributed by atoms with van der Waals surface area (Å²) in [5.74, 6) is 0. The molecule has 1 aromatic heterocycles. The molecule has 0 aromatic carbocycles. The molecule has 1 aliphatic heterocycles. The summed E-state index contributed by atoms with van der Waals surface area (Å²) in [7, 11) is -4.89. The van der Waals surface area contributed by atoms with E-state index in [1.54, 1.807) is 0 Å². The second-order valence-corrected chi connectivity index (χ2v) is 5.22. The van der Waals surface area contributed by atoms with Crippen molar-refractivity contribution in [1.29, 1.82) is 0 Å². The Morgan fingerprint density at radius 1 is 1.30 bits per heavy atom. The number of aromatic nitrogens is 2. The molecule has 0 spiro atoms. The van der Waals surface area contributed by atoms with Gasteiger partial charge < -0.3 is 34.7 Å². The SMILES string of the molecule is O=P([O-])(O)O.O=c1ccn([C@@H]2O[C@H](CO)[C@@H](O)[C@H]2O)c(=O)[nH]1.[Na+]. The van der Waals surface area contributed by atoms with E-state index < -0.39 is 50.2 Å². The first-order chi connectivity index (χ1) is 10.0. The van der Waals surface area contributed by atoms with Crippen molar-refractivity contribution in [3.05, 3.63) is 33.1 Å². The molecule has 0 amide bonds. The number of nitrogens with zero attached hydrogens (tertiary/aromatic N) is 1. The standard InChI is InChI=1S/C9H12N2O6.Na.H3O4P/c12-3-4-6(14)7(15)8(17-4)11-2-1-5(13)10-9(11)16;;1-5(2,3)4/h1-2,4,6-8,12,14-15H,3H2,(H,10,13,16);;(H3,1,2,3,4)/q;+1;/p-1/t4-,6-,7-,8-;;/m1../s1. The third-order valence-electron chi connectivity index (χ3n) is 2.64. The Bertz CT molecular complexity index is 648. The first-order valence-corrected chi connectivity index (χ1v) is 7.28. The first-order valence-electron chi connectivity index (χ1n) is 5.75. The molecular weight excluding hydrogens is 350 g/mol. The van der Waals surface area contributed by atoms with Crippen molar-refractivity contribution in [3.63, 3.8) is 0 Å².